The van der Waals surface area contributed by atoms with E-state index in [2.05, 4.69) is 5.32 Å². The molecule has 1 heterocycles. The number of carbonyl (C=O) groups excluding carboxylic acids is 1. The maximum atomic E-state index is 13.3. The minimum Gasteiger partial charge on any atom is -0.479 e. The molecule has 1 aromatic rings. The molecule has 0 spiro atoms. The van der Waals surface area contributed by atoms with E-state index in [1.165, 1.54) is 0 Å². The van der Waals surface area contributed by atoms with Gasteiger partial charge in [-0.1, -0.05) is 18.2 Å². The molecule has 0 saturated carbocycles. The van der Waals surface area contributed by atoms with Crippen LogP contribution in [0.3, 0.4) is 0 Å². The number of carbonyl (C=O) groups is 2. The van der Waals surface area contributed by atoms with Crippen molar-refractivity contribution in [3.63, 3.8) is 0 Å². The molecule has 2 atom stereocenters. The lowest BCUT2D eigenvalue weighted by atomic mass is 9.96. The summed E-state index contributed by atoms with van der Waals surface area (Å²) in [6.07, 6.45) is -2.20. The fourth-order valence-electron chi connectivity index (χ4n) is 1.67. The van der Waals surface area contributed by atoms with E-state index < -0.39 is 24.0 Å². The monoisotopic (exact) mass is 209 g/mol. The minimum atomic E-state index is -2.20. The number of aliphatic carboxylic acids is 1. The van der Waals surface area contributed by atoms with Gasteiger partial charge in [0.1, 0.15) is 5.92 Å². The Labute approximate surface area is 84.7 Å². The maximum Gasteiger partial charge on any atom is 0.339 e. The Hall–Kier alpha value is -1.91. The van der Waals surface area contributed by atoms with Gasteiger partial charge in [-0.15, -0.1) is 0 Å². The maximum absolute atomic E-state index is 13.3. The van der Waals surface area contributed by atoms with Gasteiger partial charge in [0, 0.05) is 5.69 Å². The summed E-state index contributed by atoms with van der Waals surface area (Å²) in [5, 5.41) is 11.0. The molecule has 5 heteroatoms. The van der Waals surface area contributed by atoms with Gasteiger partial charge in [0.15, 0.2) is 0 Å². The zero-order valence-electron chi connectivity index (χ0n) is 7.61. The summed E-state index contributed by atoms with van der Waals surface area (Å²) in [4.78, 5) is 21.8. The summed E-state index contributed by atoms with van der Waals surface area (Å²) < 4.78 is 13.3. The third kappa shape index (κ3) is 1.45. The predicted molar refractivity (Wildman–Crippen MR) is 50.3 cm³/mol. The summed E-state index contributed by atoms with van der Waals surface area (Å²) in [7, 11) is 0. The van der Waals surface area contributed by atoms with Crippen molar-refractivity contribution < 1.29 is 19.1 Å². The molecule has 0 radical (unpaired) electrons. The molecule has 0 aromatic heterocycles. The first-order valence-corrected chi connectivity index (χ1v) is 4.38. The number of benzene rings is 1. The van der Waals surface area contributed by atoms with Gasteiger partial charge in [-0.2, -0.15) is 0 Å². The Morgan fingerprint density at radius 2 is 2.13 bits per heavy atom. The van der Waals surface area contributed by atoms with Crippen LogP contribution >= 0.6 is 0 Å². The standard InChI is InChI=1S/C10H8FNO3/c11-8(10(14)15)7-5-3-1-2-4-6(5)12-9(7)13/h1-4,7-8H,(H,12,13)(H,14,15). The Balaban J connectivity index is 2.42. The van der Waals surface area contributed by atoms with Crippen molar-refractivity contribution in [2.24, 2.45) is 0 Å². The smallest absolute Gasteiger partial charge is 0.339 e. The lowest BCUT2D eigenvalue weighted by molar-refractivity contribution is -0.145. The quantitative estimate of drug-likeness (QED) is 0.767. The van der Waals surface area contributed by atoms with Gasteiger partial charge >= 0.3 is 5.97 Å². The van der Waals surface area contributed by atoms with Crippen molar-refractivity contribution in [1.82, 2.24) is 0 Å². The zero-order valence-corrected chi connectivity index (χ0v) is 7.61. The van der Waals surface area contributed by atoms with Crippen LogP contribution in [0.1, 0.15) is 11.5 Å². The van der Waals surface area contributed by atoms with E-state index in [0.717, 1.165) is 0 Å². The molecule has 0 saturated heterocycles. The second-order valence-electron chi connectivity index (χ2n) is 3.29. The second-order valence-corrected chi connectivity index (χ2v) is 3.29. The highest BCUT2D eigenvalue weighted by Crippen LogP contribution is 2.35. The van der Waals surface area contributed by atoms with Crippen LogP contribution in [0.2, 0.25) is 0 Å². The van der Waals surface area contributed by atoms with E-state index in [0.29, 0.717) is 11.3 Å². The average Bonchev–Trinajstić information content (AvgIpc) is 2.52. The summed E-state index contributed by atoms with van der Waals surface area (Å²) in [6.45, 7) is 0. The molecule has 4 nitrogen and oxygen atoms in total. The first-order valence-electron chi connectivity index (χ1n) is 4.38. The van der Waals surface area contributed by atoms with E-state index >= 15 is 0 Å². The largest absolute Gasteiger partial charge is 0.479 e. The van der Waals surface area contributed by atoms with Crippen LogP contribution in [0, 0.1) is 0 Å². The minimum absolute atomic E-state index is 0.400. The van der Waals surface area contributed by atoms with Crippen molar-refractivity contribution >= 4 is 17.6 Å². The van der Waals surface area contributed by atoms with E-state index in [4.69, 9.17) is 5.11 Å². The number of carboxylic acid groups (broad SMARTS) is 1. The number of anilines is 1. The number of hydrogen-bond acceptors (Lipinski definition) is 2. The first kappa shape index (κ1) is 9.64. The van der Waals surface area contributed by atoms with Crippen LogP contribution in [-0.2, 0) is 9.59 Å². The normalized spacial score (nSPS) is 20.6. The van der Waals surface area contributed by atoms with E-state index in [1.54, 1.807) is 24.3 Å². The molecule has 78 valence electrons. The molecule has 0 bridgehead atoms. The molecule has 1 aliphatic rings. The van der Waals surface area contributed by atoms with Gasteiger partial charge < -0.3 is 10.4 Å². The highest BCUT2D eigenvalue weighted by Gasteiger charge is 2.40. The molecule has 2 rings (SSSR count). The molecule has 0 aliphatic carbocycles. The molecule has 1 amide bonds. The zero-order chi connectivity index (χ0) is 11.0. The molecule has 1 aromatic carbocycles. The third-order valence-electron chi connectivity index (χ3n) is 2.36. The number of rotatable bonds is 2. The topological polar surface area (TPSA) is 66.4 Å². The fraction of sp³-hybridized carbons (Fsp3) is 0.200. The number of nitrogens with one attached hydrogen (secondary N) is 1. The highest BCUT2D eigenvalue weighted by molar-refractivity contribution is 6.05. The van der Waals surface area contributed by atoms with Crippen molar-refractivity contribution in [2.75, 3.05) is 5.32 Å². The third-order valence-corrected chi connectivity index (χ3v) is 2.36. The van der Waals surface area contributed by atoms with Crippen molar-refractivity contribution in [2.45, 2.75) is 12.1 Å². The number of amides is 1. The number of para-hydroxylation sites is 1. The van der Waals surface area contributed by atoms with Gasteiger partial charge in [-0.25, -0.2) is 9.18 Å². The van der Waals surface area contributed by atoms with Crippen LogP contribution in [0.4, 0.5) is 10.1 Å². The van der Waals surface area contributed by atoms with Crippen LogP contribution < -0.4 is 5.32 Å². The molecule has 2 N–H and O–H groups in total. The predicted octanol–water partition coefficient (Wildman–Crippen LogP) is 1.14. The first-order chi connectivity index (χ1) is 7.11. The van der Waals surface area contributed by atoms with Crippen LogP contribution in [0.15, 0.2) is 24.3 Å². The fourth-order valence-corrected chi connectivity index (χ4v) is 1.67. The highest BCUT2D eigenvalue weighted by atomic mass is 19.1. The summed E-state index contributed by atoms with van der Waals surface area (Å²) in [6, 6.07) is 6.49. The van der Waals surface area contributed by atoms with Crippen molar-refractivity contribution in [1.29, 1.82) is 0 Å². The lowest BCUT2D eigenvalue weighted by Crippen LogP contribution is -2.28. The number of carboxylic acids is 1. The summed E-state index contributed by atoms with van der Waals surface area (Å²) >= 11 is 0. The average molecular weight is 209 g/mol. The molecule has 1 aliphatic heterocycles. The van der Waals surface area contributed by atoms with Gasteiger partial charge in [0.25, 0.3) is 0 Å². The number of halogens is 1. The summed E-state index contributed by atoms with van der Waals surface area (Å²) in [5.74, 6) is -3.46. The Kier molecular flexibility index (Phi) is 2.15. The van der Waals surface area contributed by atoms with Gasteiger partial charge in [0.2, 0.25) is 12.1 Å². The molecular weight excluding hydrogens is 201 g/mol. The molecule has 2 unspecified atom stereocenters. The Morgan fingerprint density at radius 3 is 2.80 bits per heavy atom. The number of alkyl halides is 1. The van der Waals surface area contributed by atoms with Crippen molar-refractivity contribution in [3.05, 3.63) is 29.8 Å². The van der Waals surface area contributed by atoms with Crippen LogP contribution in [0.25, 0.3) is 0 Å². The number of fused-ring (bicyclic) bond motifs is 1. The lowest BCUT2D eigenvalue weighted by Gasteiger charge is -2.09. The molecule has 0 fully saturated rings. The Bertz CT molecular complexity index is 432. The van der Waals surface area contributed by atoms with Gasteiger partial charge in [0.05, 0.1) is 0 Å². The molecule has 15 heavy (non-hydrogen) atoms. The van der Waals surface area contributed by atoms with Gasteiger partial charge in [-0.05, 0) is 11.6 Å². The number of hydrogen-bond donors (Lipinski definition) is 2. The van der Waals surface area contributed by atoms with Gasteiger partial charge in [-0.3, -0.25) is 4.79 Å². The van der Waals surface area contributed by atoms with Crippen molar-refractivity contribution in [3.8, 4) is 0 Å². The summed E-state index contributed by atoms with van der Waals surface area (Å²) in [5.41, 5.74) is 0.883. The van der Waals surface area contributed by atoms with Crippen LogP contribution in [0.5, 0.6) is 0 Å². The second kappa shape index (κ2) is 3.34. The van der Waals surface area contributed by atoms with E-state index in [1.807, 2.05) is 0 Å². The SMILES string of the molecule is O=C(O)C(F)C1C(=O)Nc2ccccc21. The van der Waals surface area contributed by atoms with Crippen LogP contribution in [-0.4, -0.2) is 23.2 Å². The molecular formula is C10H8FNO3. The van der Waals surface area contributed by atoms with E-state index in [-0.39, 0.29) is 0 Å². The Morgan fingerprint density at radius 1 is 1.47 bits per heavy atom. The van der Waals surface area contributed by atoms with E-state index in [9.17, 15) is 14.0 Å².